The van der Waals surface area contributed by atoms with Crippen LogP contribution in [0.5, 0.6) is 5.75 Å². The van der Waals surface area contributed by atoms with E-state index in [9.17, 15) is 15.2 Å². The summed E-state index contributed by atoms with van der Waals surface area (Å²) in [5.74, 6) is -0.142. The van der Waals surface area contributed by atoms with Crippen LogP contribution in [0.25, 0.3) is 0 Å². The maximum Gasteiger partial charge on any atom is 0.263 e. The van der Waals surface area contributed by atoms with Gasteiger partial charge in [-0.15, -0.1) is 0 Å². The molecule has 1 aliphatic carbocycles. The quantitative estimate of drug-likeness (QED) is 0.662. The zero-order valence-corrected chi connectivity index (χ0v) is 12.7. The molecule has 0 aliphatic heterocycles. The second kappa shape index (κ2) is 7.51. The van der Waals surface area contributed by atoms with E-state index in [1.807, 2.05) is 6.07 Å². The molecule has 0 heterocycles. The highest BCUT2D eigenvalue weighted by molar-refractivity contribution is 5.97. The predicted octanol–water partition coefficient (Wildman–Crippen LogP) is 2.68. The first kappa shape index (κ1) is 15.9. The predicted molar refractivity (Wildman–Crippen MR) is 85.2 cm³/mol. The SMILES string of the molecule is CN(/C=C(/C#N)C(=O)NC1CCCCC1)c1ccc(O)cc1. The molecule has 1 amide bonds. The maximum atomic E-state index is 12.2. The molecule has 22 heavy (non-hydrogen) atoms. The van der Waals surface area contributed by atoms with E-state index in [-0.39, 0.29) is 23.3 Å². The number of nitrogens with zero attached hydrogens (tertiary/aromatic N) is 2. The lowest BCUT2D eigenvalue weighted by Gasteiger charge is -2.23. The highest BCUT2D eigenvalue weighted by atomic mass is 16.3. The Morgan fingerprint density at radius 2 is 1.95 bits per heavy atom. The molecule has 1 aliphatic rings. The van der Waals surface area contributed by atoms with Crippen molar-refractivity contribution >= 4 is 11.6 Å². The molecule has 0 aromatic heterocycles. The third-order valence-electron chi connectivity index (χ3n) is 3.89. The molecule has 0 bridgehead atoms. The van der Waals surface area contributed by atoms with Crippen LogP contribution in [0.15, 0.2) is 36.0 Å². The second-order valence-electron chi connectivity index (χ2n) is 5.59. The molecule has 0 atom stereocenters. The second-order valence-corrected chi connectivity index (χ2v) is 5.59. The van der Waals surface area contributed by atoms with Gasteiger partial charge < -0.3 is 15.3 Å². The molecule has 0 unspecified atom stereocenters. The van der Waals surface area contributed by atoms with Gasteiger partial charge in [-0.25, -0.2) is 0 Å². The summed E-state index contributed by atoms with van der Waals surface area (Å²) in [4.78, 5) is 13.9. The van der Waals surface area contributed by atoms with E-state index in [4.69, 9.17) is 0 Å². The molecule has 5 nitrogen and oxygen atoms in total. The highest BCUT2D eigenvalue weighted by Crippen LogP contribution is 2.19. The first-order valence-electron chi connectivity index (χ1n) is 7.55. The Morgan fingerprint density at radius 3 is 2.55 bits per heavy atom. The normalized spacial score (nSPS) is 15.9. The van der Waals surface area contributed by atoms with Crippen LogP contribution in [0.1, 0.15) is 32.1 Å². The first-order valence-corrected chi connectivity index (χ1v) is 7.55. The number of carbonyl (C=O) groups is 1. The van der Waals surface area contributed by atoms with Crippen LogP contribution in [-0.2, 0) is 4.79 Å². The van der Waals surface area contributed by atoms with Gasteiger partial charge in [0.25, 0.3) is 5.91 Å². The minimum Gasteiger partial charge on any atom is -0.508 e. The van der Waals surface area contributed by atoms with Crippen LogP contribution in [-0.4, -0.2) is 24.1 Å². The lowest BCUT2D eigenvalue weighted by Crippen LogP contribution is -2.37. The summed E-state index contributed by atoms with van der Waals surface area (Å²) in [6, 6.07) is 8.71. The maximum absolute atomic E-state index is 12.2. The lowest BCUT2D eigenvalue weighted by molar-refractivity contribution is -0.118. The number of rotatable bonds is 4. The zero-order chi connectivity index (χ0) is 15.9. The molecule has 5 heteroatoms. The van der Waals surface area contributed by atoms with Crippen molar-refractivity contribution in [3.8, 4) is 11.8 Å². The number of carbonyl (C=O) groups excluding carboxylic acids is 1. The van der Waals surface area contributed by atoms with Crippen molar-refractivity contribution < 1.29 is 9.90 Å². The fraction of sp³-hybridized carbons (Fsp3) is 0.412. The number of anilines is 1. The van der Waals surface area contributed by atoms with Gasteiger partial charge >= 0.3 is 0 Å². The smallest absolute Gasteiger partial charge is 0.263 e. The number of phenolic OH excluding ortho intramolecular Hbond substituents is 1. The number of benzene rings is 1. The average Bonchev–Trinajstić information content (AvgIpc) is 2.53. The fourth-order valence-corrected chi connectivity index (χ4v) is 2.60. The van der Waals surface area contributed by atoms with Crippen LogP contribution >= 0.6 is 0 Å². The molecule has 1 aromatic rings. The molecule has 1 fully saturated rings. The molecule has 2 rings (SSSR count). The average molecular weight is 299 g/mol. The molecule has 116 valence electrons. The Morgan fingerprint density at radius 1 is 1.32 bits per heavy atom. The van der Waals surface area contributed by atoms with Gasteiger partial charge in [-0.3, -0.25) is 4.79 Å². The summed E-state index contributed by atoms with van der Waals surface area (Å²) in [6.07, 6.45) is 6.96. The van der Waals surface area contributed by atoms with Crippen LogP contribution < -0.4 is 10.2 Å². The van der Waals surface area contributed by atoms with Crippen molar-refractivity contribution in [3.63, 3.8) is 0 Å². The van der Waals surface area contributed by atoms with Crippen LogP contribution in [0.3, 0.4) is 0 Å². The Bertz CT molecular complexity index is 581. The van der Waals surface area contributed by atoms with Gasteiger partial charge in [0.15, 0.2) is 0 Å². The van der Waals surface area contributed by atoms with Gasteiger partial charge in [0, 0.05) is 25.0 Å². The number of aromatic hydroxyl groups is 1. The summed E-state index contributed by atoms with van der Waals surface area (Å²) >= 11 is 0. The van der Waals surface area contributed by atoms with E-state index in [0.29, 0.717) is 0 Å². The Balaban J connectivity index is 2.04. The molecule has 0 saturated heterocycles. The Hall–Kier alpha value is -2.48. The van der Waals surface area contributed by atoms with Gasteiger partial charge in [-0.2, -0.15) is 5.26 Å². The van der Waals surface area contributed by atoms with E-state index in [1.165, 1.54) is 12.6 Å². The monoisotopic (exact) mass is 299 g/mol. The van der Waals surface area contributed by atoms with E-state index >= 15 is 0 Å². The number of hydrogen-bond donors (Lipinski definition) is 2. The van der Waals surface area contributed by atoms with Crippen LogP contribution in [0, 0.1) is 11.3 Å². The number of nitriles is 1. The standard InChI is InChI=1S/C17H21N3O2/c1-20(15-7-9-16(21)10-8-15)12-13(11-18)17(22)19-14-5-3-2-4-6-14/h7-10,12,14,21H,2-6H2,1H3,(H,19,22)/b13-12-. The molecule has 0 spiro atoms. The molecule has 1 saturated carbocycles. The van der Waals surface area contributed by atoms with E-state index in [1.54, 1.807) is 36.2 Å². The van der Waals surface area contributed by atoms with E-state index in [2.05, 4.69) is 5.32 Å². The number of amides is 1. The number of hydrogen-bond acceptors (Lipinski definition) is 4. The van der Waals surface area contributed by atoms with Gasteiger partial charge in [0.1, 0.15) is 17.4 Å². The summed E-state index contributed by atoms with van der Waals surface area (Å²) in [5, 5.41) is 21.4. The fourth-order valence-electron chi connectivity index (χ4n) is 2.60. The van der Waals surface area contributed by atoms with Crippen molar-refractivity contribution in [1.82, 2.24) is 5.32 Å². The number of nitrogens with one attached hydrogen (secondary N) is 1. The molecule has 2 N–H and O–H groups in total. The summed E-state index contributed by atoms with van der Waals surface area (Å²) in [5.41, 5.74) is 0.872. The summed E-state index contributed by atoms with van der Waals surface area (Å²) < 4.78 is 0. The van der Waals surface area contributed by atoms with Crippen LogP contribution in [0.4, 0.5) is 5.69 Å². The minimum atomic E-state index is -0.319. The summed E-state index contributed by atoms with van der Waals surface area (Å²) in [7, 11) is 1.76. The Kier molecular flexibility index (Phi) is 5.42. The third-order valence-corrected chi connectivity index (χ3v) is 3.89. The summed E-state index contributed by atoms with van der Waals surface area (Å²) in [6.45, 7) is 0. The van der Waals surface area contributed by atoms with Crippen molar-refractivity contribution in [1.29, 1.82) is 5.26 Å². The molecule has 1 aromatic carbocycles. The number of phenols is 1. The van der Waals surface area contributed by atoms with Crippen molar-refractivity contribution in [2.24, 2.45) is 0 Å². The largest absolute Gasteiger partial charge is 0.508 e. The topological polar surface area (TPSA) is 76.4 Å². The lowest BCUT2D eigenvalue weighted by atomic mass is 9.95. The Labute approximate surface area is 130 Å². The van der Waals surface area contributed by atoms with E-state index in [0.717, 1.165) is 31.4 Å². The van der Waals surface area contributed by atoms with Crippen molar-refractivity contribution in [3.05, 3.63) is 36.0 Å². The first-order chi connectivity index (χ1) is 10.6. The van der Waals surface area contributed by atoms with Crippen LogP contribution in [0.2, 0.25) is 0 Å². The van der Waals surface area contributed by atoms with Gasteiger partial charge in [-0.1, -0.05) is 19.3 Å². The van der Waals surface area contributed by atoms with E-state index < -0.39 is 0 Å². The van der Waals surface area contributed by atoms with Gasteiger partial charge in [0.05, 0.1) is 0 Å². The van der Waals surface area contributed by atoms with Crippen molar-refractivity contribution in [2.75, 3.05) is 11.9 Å². The third kappa shape index (κ3) is 4.26. The van der Waals surface area contributed by atoms with Gasteiger partial charge in [0.2, 0.25) is 0 Å². The zero-order valence-electron chi connectivity index (χ0n) is 12.7. The molecular weight excluding hydrogens is 278 g/mol. The highest BCUT2D eigenvalue weighted by Gasteiger charge is 2.18. The molecular formula is C17H21N3O2. The van der Waals surface area contributed by atoms with Gasteiger partial charge in [-0.05, 0) is 37.1 Å². The van der Waals surface area contributed by atoms with Crippen molar-refractivity contribution in [2.45, 2.75) is 38.1 Å². The minimum absolute atomic E-state index is 0.0844. The molecule has 0 radical (unpaired) electrons.